The van der Waals surface area contributed by atoms with E-state index >= 15 is 0 Å². The van der Waals surface area contributed by atoms with Crippen molar-refractivity contribution in [1.29, 1.82) is 0 Å². The van der Waals surface area contributed by atoms with E-state index in [1.165, 1.54) is 0 Å². The minimum absolute atomic E-state index is 0.106. The van der Waals surface area contributed by atoms with E-state index < -0.39 is 11.9 Å². The number of carboxylic acids is 1. The number of aliphatic carboxylic acids is 1. The molecule has 0 aromatic heterocycles. The molecule has 2 aromatic rings. The lowest BCUT2D eigenvalue weighted by atomic mass is 9.96. The van der Waals surface area contributed by atoms with Crippen LogP contribution in [0.1, 0.15) is 18.9 Å². The lowest BCUT2D eigenvalue weighted by Crippen LogP contribution is -2.24. The first-order valence-corrected chi connectivity index (χ1v) is 8.35. The van der Waals surface area contributed by atoms with Gasteiger partial charge in [0.15, 0.2) is 0 Å². The summed E-state index contributed by atoms with van der Waals surface area (Å²) < 4.78 is 5.34. The van der Waals surface area contributed by atoms with Crippen LogP contribution in [-0.4, -0.2) is 23.6 Å². The molecule has 0 aliphatic rings. The molecule has 0 unspecified atom stereocenters. The van der Waals surface area contributed by atoms with Crippen LogP contribution in [0.15, 0.2) is 48.5 Å². The molecule has 1 amide bonds. The number of hydrogen-bond donors (Lipinski definition) is 2. The number of anilines is 1. The Balaban J connectivity index is 1.95. The van der Waals surface area contributed by atoms with E-state index in [4.69, 9.17) is 16.3 Å². The number of carbonyl (C=O) groups is 2. The summed E-state index contributed by atoms with van der Waals surface area (Å²) in [6.07, 6.45) is 0.161. The van der Waals surface area contributed by atoms with E-state index in [2.05, 4.69) is 5.32 Å². The molecule has 0 heterocycles. The Hall–Kier alpha value is -2.53. The SMILES string of the molecule is CCOc1ccc(NC(=O)C[C@H](Cc2ccc(Cl)cc2)C(=O)O)cc1. The molecular formula is C19H20ClNO4. The summed E-state index contributed by atoms with van der Waals surface area (Å²) in [5, 5.41) is 12.7. The fourth-order valence-electron chi connectivity index (χ4n) is 2.39. The van der Waals surface area contributed by atoms with Gasteiger partial charge in [-0.3, -0.25) is 9.59 Å². The summed E-state index contributed by atoms with van der Waals surface area (Å²) in [7, 11) is 0. The van der Waals surface area contributed by atoms with E-state index in [9.17, 15) is 14.7 Å². The van der Waals surface area contributed by atoms with Gasteiger partial charge < -0.3 is 15.2 Å². The van der Waals surface area contributed by atoms with Crippen molar-refractivity contribution in [2.75, 3.05) is 11.9 Å². The molecular weight excluding hydrogens is 342 g/mol. The Morgan fingerprint density at radius 2 is 1.76 bits per heavy atom. The van der Waals surface area contributed by atoms with Gasteiger partial charge in [0, 0.05) is 17.1 Å². The number of carbonyl (C=O) groups excluding carboxylic acids is 1. The molecule has 0 aliphatic carbocycles. The Bertz CT molecular complexity index is 713. The maximum absolute atomic E-state index is 12.2. The molecule has 1 atom stereocenters. The normalized spacial score (nSPS) is 11.6. The van der Waals surface area contributed by atoms with E-state index in [-0.39, 0.29) is 18.7 Å². The fraction of sp³-hybridized carbons (Fsp3) is 0.263. The van der Waals surface area contributed by atoms with E-state index in [0.29, 0.717) is 23.1 Å². The fourth-order valence-corrected chi connectivity index (χ4v) is 2.51. The topological polar surface area (TPSA) is 75.6 Å². The van der Waals surface area contributed by atoms with E-state index in [1.54, 1.807) is 48.5 Å². The van der Waals surface area contributed by atoms with Gasteiger partial charge in [0.05, 0.1) is 12.5 Å². The predicted octanol–water partition coefficient (Wildman–Crippen LogP) is 4.01. The molecule has 0 saturated heterocycles. The van der Waals surface area contributed by atoms with E-state index in [1.807, 2.05) is 6.92 Å². The highest BCUT2D eigenvalue weighted by molar-refractivity contribution is 6.30. The van der Waals surface area contributed by atoms with Gasteiger partial charge in [-0.2, -0.15) is 0 Å². The molecule has 0 bridgehead atoms. The first-order chi connectivity index (χ1) is 12.0. The van der Waals surface area contributed by atoms with Crippen molar-refractivity contribution >= 4 is 29.2 Å². The largest absolute Gasteiger partial charge is 0.494 e. The van der Waals surface area contributed by atoms with Gasteiger partial charge in [-0.15, -0.1) is 0 Å². The first-order valence-electron chi connectivity index (χ1n) is 7.98. The summed E-state index contributed by atoms with van der Waals surface area (Å²) in [5.41, 5.74) is 1.43. The minimum Gasteiger partial charge on any atom is -0.494 e. The molecule has 2 rings (SSSR count). The third-order valence-corrected chi connectivity index (χ3v) is 3.88. The molecule has 0 saturated carbocycles. The van der Waals surface area contributed by atoms with Gasteiger partial charge in [0.2, 0.25) is 5.91 Å². The van der Waals surface area contributed by atoms with E-state index in [0.717, 1.165) is 5.56 Å². The number of amides is 1. The number of carboxylic acid groups (broad SMARTS) is 1. The number of nitrogens with one attached hydrogen (secondary N) is 1. The van der Waals surface area contributed by atoms with Crippen LogP contribution in [-0.2, 0) is 16.0 Å². The Kier molecular flexibility index (Phi) is 6.83. The third-order valence-electron chi connectivity index (χ3n) is 3.63. The van der Waals surface area contributed by atoms with Crippen LogP contribution in [0.4, 0.5) is 5.69 Å². The van der Waals surface area contributed by atoms with Gasteiger partial charge in [-0.25, -0.2) is 0 Å². The van der Waals surface area contributed by atoms with Gasteiger partial charge in [0.25, 0.3) is 0 Å². The standard InChI is InChI=1S/C19H20ClNO4/c1-2-25-17-9-7-16(8-10-17)21-18(22)12-14(19(23)24)11-13-3-5-15(20)6-4-13/h3-10,14H,2,11-12H2,1H3,(H,21,22)(H,23,24)/t14-/m0/s1. The van der Waals surface area contributed by atoms with Crippen LogP contribution in [0, 0.1) is 5.92 Å². The predicted molar refractivity (Wildman–Crippen MR) is 97.1 cm³/mol. The molecule has 2 N–H and O–H groups in total. The number of hydrogen-bond acceptors (Lipinski definition) is 3. The van der Waals surface area contributed by atoms with Gasteiger partial charge >= 0.3 is 5.97 Å². The number of ether oxygens (including phenoxy) is 1. The van der Waals surface area contributed by atoms with Crippen molar-refractivity contribution < 1.29 is 19.4 Å². The average molecular weight is 362 g/mol. The highest BCUT2D eigenvalue weighted by atomic mass is 35.5. The van der Waals surface area contributed by atoms with Crippen LogP contribution in [0.2, 0.25) is 5.02 Å². The number of benzene rings is 2. The van der Waals surface area contributed by atoms with Crippen LogP contribution in [0.5, 0.6) is 5.75 Å². The average Bonchev–Trinajstić information content (AvgIpc) is 2.58. The molecule has 0 radical (unpaired) electrons. The van der Waals surface area contributed by atoms with Crippen molar-refractivity contribution in [2.24, 2.45) is 5.92 Å². The smallest absolute Gasteiger partial charge is 0.307 e. The number of rotatable bonds is 8. The third kappa shape index (κ3) is 6.12. The second kappa shape index (κ2) is 9.08. The lowest BCUT2D eigenvalue weighted by Gasteiger charge is -2.13. The summed E-state index contributed by atoms with van der Waals surface area (Å²) in [6.45, 7) is 2.46. The zero-order valence-corrected chi connectivity index (χ0v) is 14.6. The van der Waals surface area contributed by atoms with Crippen molar-refractivity contribution in [3.05, 3.63) is 59.1 Å². The van der Waals surface area contributed by atoms with Gasteiger partial charge in [-0.1, -0.05) is 23.7 Å². The van der Waals surface area contributed by atoms with Crippen molar-refractivity contribution in [1.82, 2.24) is 0 Å². The van der Waals surface area contributed by atoms with Crippen LogP contribution >= 0.6 is 11.6 Å². The molecule has 5 nitrogen and oxygen atoms in total. The molecule has 0 spiro atoms. The molecule has 2 aromatic carbocycles. The molecule has 132 valence electrons. The Labute approximate surface area is 151 Å². The highest BCUT2D eigenvalue weighted by Gasteiger charge is 2.22. The molecule has 25 heavy (non-hydrogen) atoms. The Morgan fingerprint density at radius 1 is 1.12 bits per heavy atom. The molecule has 0 fully saturated rings. The maximum atomic E-state index is 12.2. The van der Waals surface area contributed by atoms with Crippen LogP contribution in [0.3, 0.4) is 0 Å². The zero-order chi connectivity index (χ0) is 18.2. The lowest BCUT2D eigenvalue weighted by molar-refractivity contribution is -0.143. The van der Waals surface area contributed by atoms with Gasteiger partial charge in [-0.05, 0) is 55.3 Å². The summed E-state index contributed by atoms with van der Waals surface area (Å²) >= 11 is 5.83. The van der Waals surface area contributed by atoms with Crippen molar-refractivity contribution in [3.63, 3.8) is 0 Å². The van der Waals surface area contributed by atoms with Crippen LogP contribution in [0.25, 0.3) is 0 Å². The number of halogens is 1. The van der Waals surface area contributed by atoms with Gasteiger partial charge in [0.1, 0.15) is 5.75 Å². The second-order valence-corrected chi connectivity index (χ2v) is 6.01. The van der Waals surface area contributed by atoms with Crippen molar-refractivity contribution in [2.45, 2.75) is 19.8 Å². The molecule has 6 heteroatoms. The maximum Gasteiger partial charge on any atom is 0.307 e. The van der Waals surface area contributed by atoms with Crippen molar-refractivity contribution in [3.8, 4) is 5.75 Å². The summed E-state index contributed by atoms with van der Waals surface area (Å²) in [4.78, 5) is 23.6. The Morgan fingerprint density at radius 3 is 2.32 bits per heavy atom. The van der Waals surface area contributed by atoms with Crippen LogP contribution < -0.4 is 10.1 Å². The monoisotopic (exact) mass is 361 g/mol. The minimum atomic E-state index is -1.00. The second-order valence-electron chi connectivity index (χ2n) is 5.58. The molecule has 0 aliphatic heterocycles. The zero-order valence-electron chi connectivity index (χ0n) is 13.9. The summed E-state index contributed by atoms with van der Waals surface area (Å²) in [6, 6.07) is 13.9. The quantitative estimate of drug-likeness (QED) is 0.744. The summed E-state index contributed by atoms with van der Waals surface area (Å²) in [5.74, 6) is -1.43. The first kappa shape index (κ1) is 18.8. The highest BCUT2D eigenvalue weighted by Crippen LogP contribution is 2.19.